The van der Waals surface area contributed by atoms with Gasteiger partial charge in [0, 0.05) is 31.6 Å². The molecule has 5 rings (SSSR count). The summed E-state index contributed by atoms with van der Waals surface area (Å²) < 4.78 is 15.3. The smallest absolute Gasteiger partial charge is 0.293 e. The third-order valence-electron chi connectivity index (χ3n) is 5.21. The van der Waals surface area contributed by atoms with Crippen molar-refractivity contribution in [3.05, 3.63) is 75.8 Å². The van der Waals surface area contributed by atoms with Gasteiger partial charge in [-0.25, -0.2) is 14.1 Å². The highest BCUT2D eigenvalue weighted by Crippen LogP contribution is 2.26. The van der Waals surface area contributed by atoms with E-state index in [1.54, 1.807) is 28.0 Å². The number of halogens is 1. The molecule has 0 saturated carbocycles. The molecule has 0 N–H and O–H groups in total. The number of carbonyl (C=O) groups excluding carboxylic acids is 2. The number of aromatic nitrogens is 3. The second-order valence-electron chi connectivity index (χ2n) is 7.22. The number of hydrogen-bond donors (Lipinski definition) is 0. The molecule has 0 unspecified atom stereocenters. The van der Waals surface area contributed by atoms with Crippen molar-refractivity contribution in [2.24, 2.45) is 0 Å². The minimum atomic E-state index is -0.394. The van der Waals surface area contributed by atoms with Crippen LogP contribution in [0.4, 0.5) is 4.39 Å². The molecule has 1 saturated heterocycles. The maximum Gasteiger partial charge on any atom is 0.293 e. The van der Waals surface area contributed by atoms with Gasteiger partial charge in [-0.1, -0.05) is 12.1 Å². The molecule has 4 aromatic rings. The number of thiophene rings is 2. The van der Waals surface area contributed by atoms with E-state index in [0.29, 0.717) is 43.3 Å². The van der Waals surface area contributed by atoms with Crippen molar-refractivity contribution in [1.82, 2.24) is 24.6 Å². The Morgan fingerprint density at radius 3 is 2.38 bits per heavy atom. The quantitative estimate of drug-likeness (QED) is 0.458. The van der Waals surface area contributed by atoms with E-state index in [0.717, 1.165) is 4.88 Å². The van der Waals surface area contributed by atoms with E-state index < -0.39 is 5.82 Å². The second-order valence-corrected chi connectivity index (χ2v) is 8.95. The number of nitrogens with zero attached hydrogens (tertiary/aromatic N) is 5. The summed E-state index contributed by atoms with van der Waals surface area (Å²) in [7, 11) is 0. The van der Waals surface area contributed by atoms with E-state index >= 15 is 0 Å². The molecule has 7 nitrogen and oxygen atoms in total. The molecule has 1 fully saturated rings. The molecule has 1 aliphatic rings. The van der Waals surface area contributed by atoms with Crippen molar-refractivity contribution in [2.45, 2.75) is 0 Å². The molecule has 3 aromatic heterocycles. The zero-order valence-corrected chi connectivity index (χ0v) is 18.5. The Labute approximate surface area is 191 Å². The molecule has 0 spiro atoms. The monoisotopic (exact) mass is 467 g/mol. The van der Waals surface area contributed by atoms with Crippen molar-refractivity contribution in [1.29, 1.82) is 0 Å². The molecule has 10 heteroatoms. The van der Waals surface area contributed by atoms with Crippen LogP contribution in [0.15, 0.2) is 58.6 Å². The van der Waals surface area contributed by atoms with Gasteiger partial charge in [0.1, 0.15) is 5.82 Å². The number of amides is 2. The number of hydrogen-bond acceptors (Lipinski definition) is 6. The summed E-state index contributed by atoms with van der Waals surface area (Å²) in [6, 6.07) is 11.6. The normalized spacial score (nSPS) is 14.0. The maximum atomic E-state index is 13.8. The van der Waals surface area contributed by atoms with Gasteiger partial charge in [0.15, 0.2) is 5.82 Å². The Morgan fingerprint density at radius 1 is 0.938 bits per heavy atom. The lowest BCUT2D eigenvalue weighted by Crippen LogP contribution is -2.50. The third kappa shape index (κ3) is 3.94. The zero-order chi connectivity index (χ0) is 22.1. The predicted molar refractivity (Wildman–Crippen MR) is 121 cm³/mol. The first-order valence-electron chi connectivity index (χ1n) is 9.98. The van der Waals surface area contributed by atoms with Gasteiger partial charge in [-0.15, -0.1) is 16.4 Å². The summed E-state index contributed by atoms with van der Waals surface area (Å²) in [4.78, 5) is 34.4. The van der Waals surface area contributed by atoms with Crippen LogP contribution in [0, 0.1) is 5.82 Å². The van der Waals surface area contributed by atoms with E-state index in [4.69, 9.17) is 0 Å². The molecule has 0 atom stereocenters. The van der Waals surface area contributed by atoms with Gasteiger partial charge in [-0.3, -0.25) is 9.59 Å². The summed E-state index contributed by atoms with van der Waals surface area (Å²) in [6.07, 6.45) is 0. The maximum absolute atomic E-state index is 13.8. The molecular weight excluding hydrogens is 449 g/mol. The molecule has 32 heavy (non-hydrogen) atoms. The SMILES string of the molecule is O=C(c1ccsc1)N1CCN(C(=O)c2nc(-c3cccs3)n(-c3cccc(F)c3)n2)CC1. The van der Waals surface area contributed by atoms with Crippen LogP contribution in [0.3, 0.4) is 0 Å². The Hall–Kier alpha value is -3.37. The number of carbonyl (C=O) groups is 2. The van der Waals surface area contributed by atoms with Crippen LogP contribution in [0.5, 0.6) is 0 Å². The minimum Gasteiger partial charge on any atom is -0.335 e. The first kappa shape index (κ1) is 20.5. The van der Waals surface area contributed by atoms with Crippen LogP contribution in [0.2, 0.25) is 0 Å². The highest BCUT2D eigenvalue weighted by atomic mass is 32.1. The van der Waals surface area contributed by atoms with E-state index in [1.165, 1.54) is 39.5 Å². The Kier molecular flexibility index (Phi) is 5.54. The average Bonchev–Trinajstić information content (AvgIpc) is 3.59. The molecule has 4 heterocycles. The predicted octanol–water partition coefficient (Wildman–Crippen LogP) is 3.79. The summed E-state index contributed by atoms with van der Waals surface area (Å²) in [6.45, 7) is 1.70. The zero-order valence-electron chi connectivity index (χ0n) is 16.8. The Balaban J connectivity index is 1.37. The van der Waals surface area contributed by atoms with Crippen molar-refractivity contribution < 1.29 is 14.0 Å². The van der Waals surface area contributed by atoms with Gasteiger partial charge in [-0.2, -0.15) is 11.3 Å². The van der Waals surface area contributed by atoms with Crippen LogP contribution in [0.25, 0.3) is 16.4 Å². The van der Waals surface area contributed by atoms with Crippen LogP contribution in [0.1, 0.15) is 21.0 Å². The summed E-state index contributed by atoms with van der Waals surface area (Å²) in [5.74, 6) is -0.183. The Bertz CT molecular complexity index is 1250. The minimum absolute atomic E-state index is 0.0214. The molecule has 1 aliphatic heterocycles. The fourth-order valence-electron chi connectivity index (χ4n) is 3.58. The number of benzene rings is 1. The molecule has 1 aromatic carbocycles. The van der Waals surface area contributed by atoms with E-state index in [1.807, 2.05) is 28.3 Å². The van der Waals surface area contributed by atoms with Gasteiger partial charge < -0.3 is 9.80 Å². The topological polar surface area (TPSA) is 71.3 Å². The lowest BCUT2D eigenvalue weighted by molar-refractivity contribution is 0.0529. The fourth-order valence-corrected chi connectivity index (χ4v) is 4.91. The highest BCUT2D eigenvalue weighted by Gasteiger charge is 2.29. The summed E-state index contributed by atoms with van der Waals surface area (Å²) >= 11 is 2.95. The van der Waals surface area contributed by atoms with Gasteiger partial charge in [-0.05, 0) is 41.1 Å². The van der Waals surface area contributed by atoms with Crippen molar-refractivity contribution in [3.63, 3.8) is 0 Å². The molecular formula is C22H18FN5O2S2. The van der Waals surface area contributed by atoms with Crippen LogP contribution in [-0.2, 0) is 0 Å². The van der Waals surface area contributed by atoms with Gasteiger partial charge >= 0.3 is 0 Å². The first-order chi connectivity index (χ1) is 15.6. The third-order valence-corrected chi connectivity index (χ3v) is 6.76. The second kappa shape index (κ2) is 8.64. The fraction of sp³-hybridized carbons (Fsp3) is 0.182. The Morgan fingerprint density at radius 2 is 1.72 bits per heavy atom. The number of rotatable bonds is 4. The summed E-state index contributed by atoms with van der Waals surface area (Å²) in [5.41, 5.74) is 1.16. The first-order valence-corrected chi connectivity index (χ1v) is 11.8. The highest BCUT2D eigenvalue weighted by molar-refractivity contribution is 7.13. The van der Waals surface area contributed by atoms with Gasteiger partial charge in [0.25, 0.3) is 11.8 Å². The molecule has 162 valence electrons. The lowest BCUT2D eigenvalue weighted by Gasteiger charge is -2.34. The van der Waals surface area contributed by atoms with Gasteiger partial charge in [0.05, 0.1) is 16.1 Å². The van der Waals surface area contributed by atoms with Gasteiger partial charge in [0.2, 0.25) is 5.82 Å². The molecule has 2 amide bonds. The van der Waals surface area contributed by atoms with Crippen molar-refractivity contribution in [3.8, 4) is 16.4 Å². The van der Waals surface area contributed by atoms with Crippen LogP contribution < -0.4 is 0 Å². The van der Waals surface area contributed by atoms with Crippen molar-refractivity contribution >= 4 is 34.5 Å². The molecule has 0 radical (unpaired) electrons. The van der Waals surface area contributed by atoms with Crippen molar-refractivity contribution in [2.75, 3.05) is 26.2 Å². The lowest BCUT2D eigenvalue weighted by atomic mass is 10.2. The molecule has 0 bridgehead atoms. The largest absolute Gasteiger partial charge is 0.335 e. The van der Waals surface area contributed by atoms with Crippen LogP contribution in [-0.4, -0.2) is 62.6 Å². The van der Waals surface area contributed by atoms with E-state index in [-0.39, 0.29) is 17.6 Å². The van der Waals surface area contributed by atoms with E-state index in [9.17, 15) is 14.0 Å². The average molecular weight is 468 g/mol. The standard InChI is InChI=1S/C22H18FN5O2S2/c23-16-3-1-4-17(13-16)28-20(18-5-2-11-32-18)24-19(25-28)22(30)27-9-7-26(8-10-27)21(29)15-6-12-31-14-15/h1-6,11-14H,7-10H2. The molecule has 0 aliphatic carbocycles. The summed E-state index contributed by atoms with van der Waals surface area (Å²) in [5, 5.41) is 10.0. The van der Waals surface area contributed by atoms with Crippen LogP contribution >= 0.6 is 22.7 Å². The number of piperazine rings is 1. The van der Waals surface area contributed by atoms with E-state index in [2.05, 4.69) is 10.1 Å².